The highest BCUT2D eigenvalue weighted by Crippen LogP contribution is 1.93. The Morgan fingerprint density at radius 2 is 2.38 bits per heavy atom. The van der Waals surface area contributed by atoms with E-state index in [0.29, 0.717) is 13.0 Å². The van der Waals surface area contributed by atoms with Gasteiger partial charge in [-0.25, -0.2) is 4.39 Å². The monoisotopic (exact) mass is 121 g/mol. The van der Waals surface area contributed by atoms with Gasteiger partial charge in [0.15, 0.2) is 0 Å². The van der Waals surface area contributed by atoms with Crippen LogP contribution in [0.4, 0.5) is 4.39 Å². The van der Waals surface area contributed by atoms with Crippen LogP contribution in [0.25, 0.3) is 0 Å². The maximum absolute atomic E-state index is 12.1. The highest BCUT2D eigenvalue weighted by Gasteiger charge is 2.00. The van der Waals surface area contributed by atoms with Crippen LogP contribution in [-0.4, -0.2) is 26.4 Å². The molecule has 0 saturated carbocycles. The molecule has 0 rings (SSSR count). The van der Waals surface area contributed by atoms with Crippen molar-refractivity contribution < 1.29 is 9.13 Å². The maximum atomic E-state index is 12.1. The van der Waals surface area contributed by atoms with Gasteiger partial charge in [-0.3, -0.25) is 0 Å². The number of rotatable bonds is 4. The van der Waals surface area contributed by atoms with Gasteiger partial charge in [0.05, 0.1) is 0 Å². The van der Waals surface area contributed by atoms with E-state index in [1.54, 1.807) is 7.11 Å². The molecule has 0 amide bonds. The SMILES string of the molecule is COCCC(F)CN. The van der Waals surface area contributed by atoms with Crippen molar-refractivity contribution in [3.05, 3.63) is 0 Å². The van der Waals surface area contributed by atoms with E-state index in [4.69, 9.17) is 5.73 Å². The Bertz CT molecular complexity index is 51.7. The minimum atomic E-state index is -0.894. The van der Waals surface area contributed by atoms with E-state index in [1.807, 2.05) is 0 Å². The molecule has 0 aromatic rings. The lowest BCUT2D eigenvalue weighted by Gasteiger charge is -2.01. The number of hydrogen-bond acceptors (Lipinski definition) is 2. The number of methoxy groups -OCH3 is 1. The van der Waals surface area contributed by atoms with Gasteiger partial charge in [0.25, 0.3) is 0 Å². The van der Waals surface area contributed by atoms with Crippen molar-refractivity contribution in [2.45, 2.75) is 12.6 Å². The predicted molar refractivity (Wildman–Crippen MR) is 30.4 cm³/mol. The number of alkyl halides is 1. The molecule has 0 aromatic heterocycles. The molecule has 0 aliphatic heterocycles. The summed E-state index contributed by atoms with van der Waals surface area (Å²) in [5.74, 6) is 0. The van der Waals surface area contributed by atoms with Crippen molar-refractivity contribution in [1.29, 1.82) is 0 Å². The fourth-order valence-electron chi connectivity index (χ4n) is 0.364. The first-order chi connectivity index (χ1) is 3.81. The van der Waals surface area contributed by atoms with Crippen molar-refractivity contribution in [1.82, 2.24) is 0 Å². The lowest BCUT2D eigenvalue weighted by Crippen LogP contribution is -2.16. The molecule has 1 unspecified atom stereocenters. The topological polar surface area (TPSA) is 35.2 Å². The van der Waals surface area contributed by atoms with Crippen molar-refractivity contribution in [2.75, 3.05) is 20.3 Å². The van der Waals surface area contributed by atoms with Crippen LogP contribution in [0.2, 0.25) is 0 Å². The van der Waals surface area contributed by atoms with Crippen molar-refractivity contribution in [3.63, 3.8) is 0 Å². The van der Waals surface area contributed by atoms with Gasteiger partial charge in [0, 0.05) is 26.7 Å². The maximum Gasteiger partial charge on any atom is 0.114 e. The average molecular weight is 121 g/mol. The fourth-order valence-corrected chi connectivity index (χ4v) is 0.364. The number of hydrogen-bond donors (Lipinski definition) is 1. The minimum absolute atomic E-state index is 0.101. The Hall–Kier alpha value is -0.150. The van der Waals surface area contributed by atoms with Crippen LogP contribution in [0.15, 0.2) is 0 Å². The van der Waals surface area contributed by atoms with E-state index in [2.05, 4.69) is 4.74 Å². The highest BCUT2D eigenvalue weighted by atomic mass is 19.1. The molecule has 0 fully saturated rings. The summed E-state index contributed by atoms with van der Waals surface area (Å²) in [5, 5.41) is 0. The summed E-state index contributed by atoms with van der Waals surface area (Å²) in [6.07, 6.45) is -0.484. The third kappa shape index (κ3) is 4.02. The first-order valence-electron chi connectivity index (χ1n) is 2.64. The summed E-state index contributed by atoms with van der Waals surface area (Å²) in [7, 11) is 1.54. The van der Waals surface area contributed by atoms with Crippen LogP contribution in [0.1, 0.15) is 6.42 Å². The molecule has 3 heteroatoms. The van der Waals surface area contributed by atoms with Crippen LogP contribution < -0.4 is 5.73 Å². The molecule has 0 saturated heterocycles. The minimum Gasteiger partial charge on any atom is -0.385 e. The first-order valence-corrected chi connectivity index (χ1v) is 2.64. The zero-order valence-corrected chi connectivity index (χ0v) is 5.06. The van der Waals surface area contributed by atoms with Crippen LogP contribution >= 0.6 is 0 Å². The molecule has 2 N–H and O–H groups in total. The summed E-state index contributed by atoms with van der Waals surface area (Å²) in [5.41, 5.74) is 4.98. The van der Waals surface area contributed by atoms with E-state index < -0.39 is 6.17 Å². The third-order valence-electron chi connectivity index (χ3n) is 0.891. The van der Waals surface area contributed by atoms with Crippen LogP contribution in [-0.2, 0) is 4.74 Å². The molecule has 0 heterocycles. The molecule has 8 heavy (non-hydrogen) atoms. The summed E-state index contributed by atoms with van der Waals surface area (Å²) in [6, 6.07) is 0. The zero-order valence-electron chi connectivity index (χ0n) is 5.06. The van der Waals surface area contributed by atoms with E-state index in [1.165, 1.54) is 0 Å². The van der Waals surface area contributed by atoms with Gasteiger partial charge in [-0.05, 0) is 0 Å². The molecule has 50 valence electrons. The Balaban J connectivity index is 2.86. The van der Waals surface area contributed by atoms with E-state index >= 15 is 0 Å². The molecule has 0 aliphatic carbocycles. The van der Waals surface area contributed by atoms with Gasteiger partial charge in [-0.2, -0.15) is 0 Å². The molecule has 0 spiro atoms. The molecule has 0 aliphatic rings. The second-order valence-corrected chi connectivity index (χ2v) is 1.61. The molecular formula is C5H12FNO. The van der Waals surface area contributed by atoms with Gasteiger partial charge in [0.2, 0.25) is 0 Å². The molecule has 2 nitrogen and oxygen atoms in total. The Labute approximate surface area is 48.8 Å². The molecule has 0 aromatic carbocycles. The summed E-state index contributed by atoms with van der Waals surface area (Å²) in [4.78, 5) is 0. The predicted octanol–water partition coefficient (Wildman–Crippen LogP) is 0.320. The van der Waals surface area contributed by atoms with Gasteiger partial charge in [0.1, 0.15) is 6.17 Å². The van der Waals surface area contributed by atoms with Crippen molar-refractivity contribution in [2.24, 2.45) is 5.73 Å². The number of halogens is 1. The fraction of sp³-hybridized carbons (Fsp3) is 1.00. The van der Waals surface area contributed by atoms with Gasteiger partial charge < -0.3 is 10.5 Å². The quantitative estimate of drug-likeness (QED) is 0.581. The summed E-state index contributed by atoms with van der Waals surface area (Å²) >= 11 is 0. The standard InChI is InChI=1S/C5H12FNO/c1-8-3-2-5(6)4-7/h5H,2-4,7H2,1H3. The zero-order chi connectivity index (χ0) is 6.41. The molecular weight excluding hydrogens is 109 g/mol. The van der Waals surface area contributed by atoms with Crippen molar-refractivity contribution in [3.8, 4) is 0 Å². The third-order valence-corrected chi connectivity index (χ3v) is 0.891. The number of nitrogens with two attached hydrogens (primary N) is 1. The number of ether oxygens (including phenoxy) is 1. The molecule has 1 atom stereocenters. The largest absolute Gasteiger partial charge is 0.385 e. The van der Waals surface area contributed by atoms with Gasteiger partial charge in [-0.15, -0.1) is 0 Å². The van der Waals surface area contributed by atoms with Gasteiger partial charge in [-0.1, -0.05) is 0 Å². The summed E-state index contributed by atoms with van der Waals surface area (Å²) in [6.45, 7) is 0.557. The second-order valence-electron chi connectivity index (χ2n) is 1.61. The summed E-state index contributed by atoms with van der Waals surface area (Å²) < 4.78 is 16.7. The van der Waals surface area contributed by atoms with E-state index in [0.717, 1.165) is 0 Å². The van der Waals surface area contributed by atoms with Crippen molar-refractivity contribution >= 4 is 0 Å². The highest BCUT2D eigenvalue weighted by molar-refractivity contribution is 4.53. The van der Waals surface area contributed by atoms with Gasteiger partial charge >= 0.3 is 0 Å². The first kappa shape index (κ1) is 7.85. The average Bonchev–Trinajstić information content (AvgIpc) is 1.83. The Morgan fingerprint density at radius 3 is 2.75 bits per heavy atom. The van der Waals surface area contributed by atoms with Crippen LogP contribution in [0.3, 0.4) is 0 Å². The Morgan fingerprint density at radius 1 is 1.75 bits per heavy atom. The second kappa shape index (κ2) is 5.00. The van der Waals surface area contributed by atoms with Crippen LogP contribution in [0, 0.1) is 0 Å². The lowest BCUT2D eigenvalue weighted by molar-refractivity contribution is 0.163. The smallest absolute Gasteiger partial charge is 0.114 e. The normalized spacial score (nSPS) is 13.9. The Kier molecular flexibility index (Phi) is 4.90. The van der Waals surface area contributed by atoms with Crippen LogP contribution in [0.5, 0.6) is 0 Å². The van der Waals surface area contributed by atoms with E-state index in [9.17, 15) is 4.39 Å². The van der Waals surface area contributed by atoms with E-state index in [-0.39, 0.29) is 6.54 Å². The molecule has 0 radical (unpaired) electrons. The molecule has 0 bridgehead atoms. The lowest BCUT2D eigenvalue weighted by atomic mass is 10.3.